The Morgan fingerprint density at radius 3 is 2.09 bits per heavy atom. The molecule has 3 aromatic carbocycles. The van der Waals surface area contributed by atoms with E-state index in [2.05, 4.69) is 68.2 Å². The highest BCUT2D eigenvalue weighted by molar-refractivity contribution is 5.89. The van der Waals surface area contributed by atoms with Gasteiger partial charge in [-0.1, -0.05) is 42.0 Å². The second-order valence-corrected chi connectivity index (χ2v) is 9.01. The fourth-order valence-electron chi connectivity index (χ4n) is 4.23. The molecule has 1 aliphatic rings. The number of carbonyl (C=O) groups is 1. The Bertz CT molecular complexity index is 1370. The third-order valence-electron chi connectivity index (χ3n) is 5.94. The van der Waals surface area contributed by atoms with Crippen molar-refractivity contribution in [2.45, 2.75) is 26.4 Å². The number of aryl methyl sites for hydroxylation is 1. The van der Waals surface area contributed by atoms with Crippen LogP contribution in [0.25, 0.3) is 28.1 Å². The lowest BCUT2D eigenvalue weighted by atomic mass is 9.88. The molecule has 164 valence electrons. The number of hydrogen-bond acceptors (Lipinski definition) is 2. The van der Waals surface area contributed by atoms with Gasteiger partial charge in [0.1, 0.15) is 11.4 Å². The average molecular weight is 436 g/mol. The molecule has 1 aromatic heterocycles. The van der Waals surface area contributed by atoms with Crippen molar-refractivity contribution in [3.63, 3.8) is 0 Å². The molecule has 0 amide bonds. The van der Waals surface area contributed by atoms with Crippen LogP contribution in [-0.4, -0.2) is 21.7 Å². The molecule has 0 bridgehead atoms. The lowest BCUT2D eigenvalue weighted by Crippen LogP contribution is -2.29. The van der Waals surface area contributed by atoms with Crippen molar-refractivity contribution in [1.82, 2.24) is 4.98 Å². The average Bonchev–Trinajstić information content (AvgIpc) is 3.29. The minimum atomic E-state index is -0.925. The van der Waals surface area contributed by atoms with Gasteiger partial charge in [0, 0.05) is 17.0 Å². The van der Waals surface area contributed by atoms with Gasteiger partial charge in [0.2, 0.25) is 0 Å². The van der Waals surface area contributed by atoms with Crippen LogP contribution in [0.1, 0.15) is 40.9 Å². The van der Waals surface area contributed by atoms with E-state index < -0.39 is 11.6 Å². The summed E-state index contributed by atoms with van der Waals surface area (Å²) in [6.45, 7) is 6.24. The van der Waals surface area contributed by atoms with E-state index in [0.717, 1.165) is 33.8 Å². The Morgan fingerprint density at radius 1 is 0.818 bits per heavy atom. The maximum atomic E-state index is 11.1. The number of aromatic carboxylic acids is 1. The van der Waals surface area contributed by atoms with Crippen LogP contribution in [0, 0.1) is 6.92 Å². The zero-order chi connectivity index (χ0) is 23.2. The van der Waals surface area contributed by atoms with Gasteiger partial charge in [-0.05, 0) is 91.6 Å². The minimum absolute atomic E-state index is 0.276. The summed E-state index contributed by atoms with van der Waals surface area (Å²) in [4.78, 5) is 14.6. The van der Waals surface area contributed by atoms with Crippen molar-refractivity contribution in [2.24, 2.45) is 0 Å². The highest BCUT2D eigenvalue weighted by atomic mass is 16.5. The third-order valence-corrected chi connectivity index (χ3v) is 5.94. The Hall–Kier alpha value is -4.05. The van der Waals surface area contributed by atoms with E-state index in [9.17, 15) is 4.79 Å². The van der Waals surface area contributed by atoms with Crippen LogP contribution in [0.15, 0.2) is 84.9 Å². The predicted octanol–water partition coefficient (Wildman–Crippen LogP) is 6.96. The Kier molecular flexibility index (Phi) is 4.94. The van der Waals surface area contributed by atoms with Crippen LogP contribution < -0.4 is 4.74 Å². The number of carboxylic acid groups (broad SMARTS) is 1. The summed E-state index contributed by atoms with van der Waals surface area (Å²) in [6, 6.07) is 25.8. The van der Waals surface area contributed by atoms with Crippen molar-refractivity contribution in [1.29, 1.82) is 0 Å². The van der Waals surface area contributed by atoms with Crippen LogP contribution >= 0.6 is 0 Å². The van der Waals surface area contributed by atoms with Gasteiger partial charge in [-0.15, -0.1) is 0 Å². The molecule has 4 aromatic rings. The van der Waals surface area contributed by atoms with Crippen LogP contribution in [0.3, 0.4) is 0 Å². The summed E-state index contributed by atoms with van der Waals surface area (Å²) in [5.41, 5.74) is 8.44. The number of benzene rings is 3. The molecule has 1 aliphatic heterocycles. The van der Waals surface area contributed by atoms with Gasteiger partial charge in [-0.25, -0.2) is 4.79 Å². The molecule has 0 saturated heterocycles. The molecular weight excluding hydrogens is 410 g/mol. The maximum Gasteiger partial charge on any atom is 0.335 e. The summed E-state index contributed by atoms with van der Waals surface area (Å²) in [5, 5.41) is 9.12. The SMILES string of the molecule is Cc1ccc(C2=CC(C)(C)Oc3ccc(-c4ccc(-c5ccc(C(=O)O)cc5)[nH]4)cc32)cc1. The fourth-order valence-corrected chi connectivity index (χ4v) is 4.23. The van der Waals surface area contributed by atoms with Crippen LogP contribution in [-0.2, 0) is 0 Å². The molecule has 0 fully saturated rings. The molecule has 0 atom stereocenters. The molecule has 4 heteroatoms. The molecule has 0 aliphatic carbocycles. The second-order valence-electron chi connectivity index (χ2n) is 9.01. The summed E-state index contributed by atoms with van der Waals surface area (Å²) >= 11 is 0. The van der Waals surface area contributed by atoms with Gasteiger partial charge in [0.15, 0.2) is 0 Å². The Balaban J connectivity index is 1.53. The summed E-state index contributed by atoms with van der Waals surface area (Å²) in [6.07, 6.45) is 2.19. The number of rotatable bonds is 4. The predicted molar refractivity (Wildman–Crippen MR) is 132 cm³/mol. The van der Waals surface area contributed by atoms with Gasteiger partial charge in [0.05, 0.1) is 5.56 Å². The number of aromatic nitrogens is 1. The molecule has 5 rings (SSSR count). The highest BCUT2D eigenvalue weighted by Crippen LogP contribution is 2.41. The van der Waals surface area contributed by atoms with Crippen molar-refractivity contribution < 1.29 is 14.6 Å². The number of H-pyrrole nitrogens is 1. The van der Waals surface area contributed by atoms with E-state index in [1.165, 1.54) is 16.7 Å². The van der Waals surface area contributed by atoms with Gasteiger partial charge in [-0.3, -0.25) is 0 Å². The van der Waals surface area contributed by atoms with Gasteiger partial charge >= 0.3 is 5.97 Å². The molecule has 0 spiro atoms. The molecular formula is C29H25NO3. The summed E-state index contributed by atoms with van der Waals surface area (Å²) in [7, 11) is 0. The van der Waals surface area contributed by atoms with Crippen molar-refractivity contribution in [2.75, 3.05) is 0 Å². The fraction of sp³-hybridized carbons (Fsp3) is 0.138. The number of hydrogen-bond donors (Lipinski definition) is 2. The third kappa shape index (κ3) is 4.08. The van der Waals surface area contributed by atoms with Gasteiger partial charge in [-0.2, -0.15) is 0 Å². The smallest absolute Gasteiger partial charge is 0.335 e. The van der Waals surface area contributed by atoms with E-state index in [-0.39, 0.29) is 5.56 Å². The largest absolute Gasteiger partial charge is 0.483 e. The molecule has 2 heterocycles. The van der Waals surface area contributed by atoms with Crippen molar-refractivity contribution in [3.05, 3.63) is 107 Å². The van der Waals surface area contributed by atoms with E-state index in [1.54, 1.807) is 12.1 Å². The zero-order valence-corrected chi connectivity index (χ0v) is 18.8. The number of aromatic amines is 1. The first kappa shape index (κ1) is 20.8. The number of nitrogens with one attached hydrogen (secondary N) is 1. The summed E-state index contributed by atoms with van der Waals surface area (Å²) in [5.74, 6) is -0.0523. The first-order chi connectivity index (χ1) is 15.8. The molecule has 0 unspecified atom stereocenters. The Morgan fingerprint density at radius 2 is 1.42 bits per heavy atom. The van der Waals surface area contributed by atoms with E-state index in [1.807, 2.05) is 30.3 Å². The van der Waals surface area contributed by atoms with Crippen molar-refractivity contribution >= 4 is 11.5 Å². The highest BCUT2D eigenvalue weighted by Gasteiger charge is 2.27. The minimum Gasteiger partial charge on any atom is -0.483 e. The Labute approximate surface area is 193 Å². The molecule has 0 radical (unpaired) electrons. The maximum absolute atomic E-state index is 11.1. The first-order valence-electron chi connectivity index (χ1n) is 11.0. The normalized spacial score (nSPS) is 14.2. The molecule has 0 saturated carbocycles. The number of ether oxygens (including phenoxy) is 1. The topological polar surface area (TPSA) is 62.3 Å². The summed E-state index contributed by atoms with van der Waals surface area (Å²) < 4.78 is 6.26. The van der Waals surface area contributed by atoms with E-state index >= 15 is 0 Å². The first-order valence-corrected chi connectivity index (χ1v) is 11.0. The molecule has 33 heavy (non-hydrogen) atoms. The standard InChI is InChI=1S/C29H25NO3/c1-18-4-6-19(7-5-18)24-17-29(2,3)33-27-15-12-22(16-23(24)27)26-14-13-25(30-26)20-8-10-21(11-9-20)28(31)32/h4-17,30H,1-3H3,(H,31,32). The lowest BCUT2D eigenvalue weighted by molar-refractivity contribution is 0.0697. The lowest BCUT2D eigenvalue weighted by Gasteiger charge is -2.31. The van der Waals surface area contributed by atoms with Crippen LogP contribution in [0.2, 0.25) is 0 Å². The van der Waals surface area contributed by atoms with Gasteiger partial charge < -0.3 is 14.8 Å². The van der Waals surface area contributed by atoms with E-state index in [0.29, 0.717) is 0 Å². The number of fused-ring (bicyclic) bond motifs is 1. The van der Waals surface area contributed by atoms with Crippen molar-refractivity contribution in [3.8, 4) is 28.3 Å². The second kappa shape index (κ2) is 7.82. The quantitative estimate of drug-likeness (QED) is 0.364. The van der Waals surface area contributed by atoms with Crippen LogP contribution in [0.5, 0.6) is 5.75 Å². The monoisotopic (exact) mass is 435 g/mol. The van der Waals surface area contributed by atoms with Crippen LogP contribution in [0.4, 0.5) is 0 Å². The zero-order valence-electron chi connectivity index (χ0n) is 18.8. The number of carboxylic acids is 1. The van der Waals surface area contributed by atoms with E-state index in [4.69, 9.17) is 9.84 Å². The molecule has 4 nitrogen and oxygen atoms in total. The molecule has 2 N–H and O–H groups in total. The van der Waals surface area contributed by atoms with Gasteiger partial charge in [0.25, 0.3) is 0 Å².